The third kappa shape index (κ3) is 21.0. The fourth-order valence-electron chi connectivity index (χ4n) is 0.277. The normalized spacial score (nSPS) is 7.55. The van der Waals surface area contributed by atoms with E-state index in [-0.39, 0.29) is 154 Å². The first-order valence-electron chi connectivity index (χ1n) is 2.60. The van der Waals surface area contributed by atoms with Gasteiger partial charge in [0.05, 0.1) is 13.2 Å². The molecule has 56 valence electrons. The van der Waals surface area contributed by atoms with Crippen LogP contribution < -0.4 is 0 Å². The fourth-order valence-corrected chi connectivity index (χ4v) is 0.832. The van der Waals surface area contributed by atoms with Crippen molar-refractivity contribution < 1.29 is 13.6 Å². The molecule has 0 aromatic rings. The molecular weight excluding hydrogens is 244 g/mol. The maximum absolute atomic E-state index is 10.4. The molecule has 11 heavy (non-hydrogen) atoms. The van der Waals surface area contributed by atoms with Gasteiger partial charge in [0.15, 0.2) is 0 Å². The molecule has 0 heterocycles. The summed E-state index contributed by atoms with van der Waals surface area (Å²) in [5.74, 6) is 0. The van der Waals surface area contributed by atoms with Gasteiger partial charge in [0, 0.05) is 0 Å². The van der Waals surface area contributed by atoms with Gasteiger partial charge >= 0.3 is 162 Å². The van der Waals surface area contributed by atoms with Gasteiger partial charge in [0.2, 0.25) is 0 Å². The van der Waals surface area contributed by atoms with Crippen molar-refractivity contribution in [2.24, 2.45) is 0 Å². The molecule has 3 nitrogen and oxygen atoms in total. The van der Waals surface area contributed by atoms with Crippen LogP contribution in [0.5, 0.6) is 0 Å². The standard InChI is InChI=1S/C4H11O3P.3K.3H/c1-3-6-8(5)7-4-2;;;;;;/h8H,3-4H2,1-2H3;;;;;;. The SMILES string of the molecule is CCO[PH](=O)OCC.[KH].[KH].[KH]. The molecule has 0 saturated carbocycles. The second kappa shape index (κ2) is 20.5. The van der Waals surface area contributed by atoms with E-state index in [9.17, 15) is 4.57 Å². The van der Waals surface area contributed by atoms with Gasteiger partial charge in [-0.25, -0.2) is 0 Å². The van der Waals surface area contributed by atoms with Crippen LogP contribution in [-0.2, 0) is 13.6 Å². The Morgan fingerprint density at radius 1 is 1.00 bits per heavy atom. The molecule has 0 aliphatic rings. The summed E-state index contributed by atoms with van der Waals surface area (Å²) >= 11 is 0. The van der Waals surface area contributed by atoms with Crippen LogP contribution in [0.25, 0.3) is 0 Å². The Balaban J connectivity index is -0.0000000817. The van der Waals surface area contributed by atoms with Gasteiger partial charge in [-0.15, -0.1) is 0 Å². The van der Waals surface area contributed by atoms with E-state index in [4.69, 9.17) is 0 Å². The molecule has 0 saturated heterocycles. The molecule has 7 heteroatoms. The van der Waals surface area contributed by atoms with Crippen LogP contribution in [0.2, 0.25) is 0 Å². The molecule has 0 fully saturated rings. The molecular formula is C4H14K3O3P. The van der Waals surface area contributed by atoms with Crippen molar-refractivity contribution in [1.29, 1.82) is 0 Å². The van der Waals surface area contributed by atoms with E-state index in [1.165, 1.54) is 0 Å². The van der Waals surface area contributed by atoms with Crippen molar-refractivity contribution in [3.63, 3.8) is 0 Å². The Morgan fingerprint density at radius 3 is 1.45 bits per heavy atom. The summed E-state index contributed by atoms with van der Waals surface area (Å²) in [5, 5.41) is 0. The first kappa shape index (κ1) is 25.0. The molecule has 0 aliphatic carbocycles. The summed E-state index contributed by atoms with van der Waals surface area (Å²) in [5.41, 5.74) is 0. The minimum absolute atomic E-state index is 0. The molecule has 0 unspecified atom stereocenters. The van der Waals surface area contributed by atoms with Gasteiger partial charge in [0.1, 0.15) is 0 Å². The van der Waals surface area contributed by atoms with E-state index in [2.05, 4.69) is 9.05 Å². The summed E-state index contributed by atoms with van der Waals surface area (Å²) in [6.45, 7) is 4.47. The van der Waals surface area contributed by atoms with Crippen molar-refractivity contribution in [3.05, 3.63) is 0 Å². The summed E-state index contributed by atoms with van der Waals surface area (Å²) in [6.07, 6.45) is 0. The molecule has 0 rings (SSSR count). The van der Waals surface area contributed by atoms with Gasteiger partial charge in [-0.1, -0.05) is 0 Å². The van der Waals surface area contributed by atoms with Crippen LogP contribution in [0.4, 0.5) is 0 Å². The molecule has 0 amide bonds. The average Bonchev–Trinajstić information content (AvgIpc) is 1.68. The molecule has 0 aromatic heterocycles. The van der Waals surface area contributed by atoms with Crippen molar-refractivity contribution in [2.75, 3.05) is 13.2 Å². The minimum atomic E-state index is -2.14. The Morgan fingerprint density at radius 2 is 1.27 bits per heavy atom. The summed E-state index contributed by atoms with van der Waals surface area (Å²) in [7, 11) is -2.14. The second-order valence-electron chi connectivity index (χ2n) is 1.12. The van der Waals surface area contributed by atoms with E-state index >= 15 is 0 Å². The van der Waals surface area contributed by atoms with Crippen molar-refractivity contribution in [3.8, 4) is 0 Å². The second-order valence-corrected chi connectivity index (χ2v) is 2.19. The predicted molar refractivity (Wildman–Crippen MR) is 53.7 cm³/mol. The summed E-state index contributed by atoms with van der Waals surface area (Å²) in [6, 6.07) is 0. The number of hydrogen-bond donors (Lipinski definition) is 0. The van der Waals surface area contributed by atoms with Crippen molar-refractivity contribution in [1.82, 2.24) is 0 Å². The van der Waals surface area contributed by atoms with E-state index in [0.717, 1.165) is 0 Å². The molecule has 0 bridgehead atoms. The molecule has 0 atom stereocenters. The fraction of sp³-hybridized carbons (Fsp3) is 1.00. The van der Waals surface area contributed by atoms with E-state index in [0.29, 0.717) is 13.2 Å². The van der Waals surface area contributed by atoms with Crippen molar-refractivity contribution in [2.45, 2.75) is 13.8 Å². The molecule has 0 aliphatic heterocycles. The Bertz CT molecular complexity index is 75.0. The van der Waals surface area contributed by atoms with Gasteiger partial charge < -0.3 is 9.05 Å². The molecule has 0 N–H and O–H groups in total. The van der Waals surface area contributed by atoms with E-state index in [1.54, 1.807) is 13.8 Å². The zero-order chi connectivity index (χ0) is 6.41. The first-order valence-corrected chi connectivity index (χ1v) is 3.83. The molecule has 0 radical (unpaired) electrons. The van der Waals surface area contributed by atoms with Crippen LogP contribution in [0.3, 0.4) is 0 Å². The predicted octanol–water partition coefficient (Wildman–Crippen LogP) is -0.496. The Labute approximate surface area is 197 Å². The van der Waals surface area contributed by atoms with Crippen LogP contribution in [-0.4, -0.2) is 167 Å². The van der Waals surface area contributed by atoms with Gasteiger partial charge in [0.25, 0.3) is 0 Å². The summed E-state index contributed by atoms with van der Waals surface area (Å²) in [4.78, 5) is 0. The van der Waals surface area contributed by atoms with Crippen LogP contribution in [0.15, 0.2) is 0 Å². The maximum atomic E-state index is 10.4. The Hall–Kier alpha value is 5.06. The molecule has 0 aromatic carbocycles. The third-order valence-corrected chi connectivity index (χ3v) is 1.57. The van der Waals surface area contributed by atoms with E-state index in [1.807, 2.05) is 0 Å². The Kier molecular flexibility index (Phi) is 46.6. The van der Waals surface area contributed by atoms with Gasteiger partial charge in [-0.05, 0) is 13.8 Å². The van der Waals surface area contributed by atoms with Gasteiger partial charge in [-0.3, -0.25) is 4.57 Å². The average molecular weight is 258 g/mol. The quantitative estimate of drug-likeness (QED) is 0.504. The van der Waals surface area contributed by atoms with Crippen LogP contribution in [0.1, 0.15) is 13.8 Å². The molecule has 0 spiro atoms. The first-order chi connectivity index (χ1) is 3.81. The van der Waals surface area contributed by atoms with E-state index < -0.39 is 8.25 Å². The summed E-state index contributed by atoms with van der Waals surface area (Å²) < 4.78 is 19.6. The number of rotatable bonds is 4. The van der Waals surface area contributed by atoms with Gasteiger partial charge in [-0.2, -0.15) is 0 Å². The monoisotopic (exact) mass is 258 g/mol. The zero-order valence-corrected chi connectivity index (χ0v) is 6.14. The van der Waals surface area contributed by atoms with Crippen LogP contribution in [0, 0.1) is 0 Å². The van der Waals surface area contributed by atoms with Crippen LogP contribution >= 0.6 is 8.25 Å². The van der Waals surface area contributed by atoms with Crippen molar-refractivity contribution >= 4 is 162 Å². The topological polar surface area (TPSA) is 35.5 Å². The number of hydrogen-bond acceptors (Lipinski definition) is 3. The third-order valence-electron chi connectivity index (χ3n) is 0.524. The zero-order valence-electron chi connectivity index (χ0n) is 5.14.